The molecule has 1 N–H and O–H groups in total. The summed E-state index contributed by atoms with van der Waals surface area (Å²) in [6.07, 6.45) is 1.50. The van der Waals surface area contributed by atoms with Crippen molar-refractivity contribution in [2.24, 2.45) is 0 Å². The van der Waals surface area contributed by atoms with Gasteiger partial charge in [0.2, 0.25) is 0 Å². The Balaban J connectivity index is 1.51. The van der Waals surface area contributed by atoms with Crippen LogP contribution in [0.3, 0.4) is 0 Å². The fraction of sp³-hybridized carbons (Fsp3) is 0.407. The summed E-state index contributed by atoms with van der Waals surface area (Å²) in [5, 5.41) is 11.7. The summed E-state index contributed by atoms with van der Waals surface area (Å²) in [6, 6.07) is 10.9. The van der Waals surface area contributed by atoms with E-state index in [1.165, 1.54) is 0 Å². The number of carbonyl (C=O) groups excluding carboxylic acids is 1. The van der Waals surface area contributed by atoms with Gasteiger partial charge in [-0.3, -0.25) is 0 Å². The van der Waals surface area contributed by atoms with Crippen molar-refractivity contribution in [1.29, 1.82) is 5.26 Å². The zero-order chi connectivity index (χ0) is 25.7. The van der Waals surface area contributed by atoms with E-state index < -0.39 is 23.6 Å². The zero-order valence-electron chi connectivity index (χ0n) is 19.8. The highest BCUT2D eigenvalue weighted by molar-refractivity contribution is 5.89. The smallest absolute Gasteiger partial charge is 0.320 e. The lowest BCUT2D eigenvalue weighted by atomic mass is 9.89. The highest BCUT2D eigenvalue weighted by Crippen LogP contribution is 2.33. The topological polar surface area (TPSA) is 59.4 Å². The number of alkyl halides is 3. The number of nitrogens with one attached hydrogen (secondary N) is 1. The molecule has 0 spiro atoms. The molecule has 4 rings (SSSR count). The minimum Gasteiger partial charge on any atom is -0.320 e. The Bertz CT molecular complexity index is 1170. The van der Waals surface area contributed by atoms with E-state index in [0.717, 1.165) is 49.2 Å². The maximum absolute atomic E-state index is 13.9. The van der Waals surface area contributed by atoms with Gasteiger partial charge in [-0.05, 0) is 86.7 Å². The predicted molar refractivity (Wildman–Crippen MR) is 130 cm³/mol. The van der Waals surface area contributed by atoms with Gasteiger partial charge in [-0.1, -0.05) is 18.2 Å². The van der Waals surface area contributed by atoms with Crippen LogP contribution in [-0.4, -0.2) is 48.1 Å². The number of hydrogen-bond acceptors (Lipinski definition) is 3. The van der Waals surface area contributed by atoms with E-state index in [2.05, 4.69) is 22.4 Å². The van der Waals surface area contributed by atoms with Gasteiger partial charge in [0, 0.05) is 24.8 Å². The van der Waals surface area contributed by atoms with Gasteiger partial charge in [-0.25, -0.2) is 9.18 Å². The molecule has 0 bridgehead atoms. The van der Waals surface area contributed by atoms with Gasteiger partial charge in [0.15, 0.2) is 0 Å². The van der Waals surface area contributed by atoms with E-state index in [0.29, 0.717) is 44.0 Å². The summed E-state index contributed by atoms with van der Waals surface area (Å²) in [4.78, 5) is 17.2. The van der Waals surface area contributed by atoms with Crippen LogP contribution in [0.5, 0.6) is 0 Å². The minimum absolute atomic E-state index is 0.147. The first-order chi connectivity index (χ1) is 17.2. The van der Waals surface area contributed by atoms with Gasteiger partial charge < -0.3 is 15.1 Å². The zero-order valence-corrected chi connectivity index (χ0v) is 19.8. The van der Waals surface area contributed by atoms with E-state index in [1.54, 1.807) is 11.0 Å². The fourth-order valence-electron chi connectivity index (χ4n) is 4.88. The van der Waals surface area contributed by atoms with Crippen molar-refractivity contribution >= 4 is 17.3 Å². The van der Waals surface area contributed by atoms with Crippen LogP contribution in [-0.2, 0) is 6.18 Å². The molecule has 1 unspecified atom stereocenters. The first kappa shape index (κ1) is 25.7. The molecule has 2 aromatic rings. The summed E-state index contributed by atoms with van der Waals surface area (Å²) < 4.78 is 53.3. The van der Waals surface area contributed by atoms with Gasteiger partial charge in [0.1, 0.15) is 5.82 Å². The quantitative estimate of drug-likeness (QED) is 0.475. The largest absolute Gasteiger partial charge is 0.416 e. The fourth-order valence-corrected chi connectivity index (χ4v) is 4.88. The van der Waals surface area contributed by atoms with Gasteiger partial charge in [-0.15, -0.1) is 0 Å². The third kappa shape index (κ3) is 6.43. The molecule has 1 heterocycles. The minimum atomic E-state index is -4.72. The molecule has 1 atom stereocenters. The Labute approximate surface area is 208 Å². The lowest BCUT2D eigenvalue weighted by Crippen LogP contribution is -2.47. The second-order valence-corrected chi connectivity index (χ2v) is 9.25. The monoisotopic (exact) mass is 500 g/mol. The second-order valence-electron chi connectivity index (χ2n) is 9.25. The number of hydrogen-bond donors (Lipinski definition) is 1. The van der Waals surface area contributed by atoms with Crippen LogP contribution in [0, 0.1) is 17.1 Å². The number of rotatable bonds is 6. The molecular formula is C27H28F4N4O. The van der Waals surface area contributed by atoms with Crippen LogP contribution >= 0.6 is 0 Å². The number of benzene rings is 2. The summed E-state index contributed by atoms with van der Waals surface area (Å²) in [5.74, 6) is -1.06. The summed E-state index contributed by atoms with van der Waals surface area (Å²) in [6.45, 7) is 3.00. The third-order valence-corrected chi connectivity index (χ3v) is 6.78. The molecule has 0 saturated carbocycles. The van der Waals surface area contributed by atoms with Crippen LogP contribution in [0.2, 0.25) is 0 Å². The molecule has 1 fully saturated rings. The van der Waals surface area contributed by atoms with Crippen molar-refractivity contribution in [3.8, 4) is 6.07 Å². The van der Waals surface area contributed by atoms with E-state index in [-0.39, 0.29) is 11.7 Å². The Morgan fingerprint density at radius 2 is 1.94 bits per heavy atom. The number of halogens is 4. The van der Waals surface area contributed by atoms with Gasteiger partial charge in [0.25, 0.3) is 0 Å². The van der Waals surface area contributed by atoms with Crippen LogP contribution in [0.1, 0.15) is 48.8 Å². The number of allylic oxidation sites excluding steroid dienone is 1. The first-order valence-corrected chi connectivity index (χ1v) is 12.1. The van der Waals surface area contributed by atoms with E-state index in [1.807, 2.05) is 18.2 Å². The van der Waals surface area contributed by atoms with Gasteiger partial charge in [-0.2, -0.15) is 18.4 Å². The second kappa shape index (κ2) is 11.1. The lowest BCUT2D eigenvalue weighted by Gasteiger charge is -2.35. The van der Waals surface area contributed by atoms with Gasteiger partial charge in [0.05, 0.1) is 17.2 Å². The third-order valence-electron chi connectivity index (χ3n) is 6.78. The number of nitrogens with zero attached hydrogens (tertiary/aromatic N) is 3. The number of likely N-dealkylation sites (tertiary alicyclic amines) is 1. The number of amides is 2. The van der Waals surface area contributed by atoms with Crippen LogP contribution in [0.4, 0.5) is 28.0 Å². The normalized spacial score (nSPS) is 18.4. The van der Waals surface area contributed by atoms with Crippen LogP contribution in [0.25, 0.3) is 5.57 Å². The van der Waals surface area contributed by atoms with E-state index >= 15 is 0 Å². The highest BCUT2D eigenvalue weighted by Gasteiger charge is 2.32. The first-order valence-electron chi connectivity index (χ1n) is 12.1. The molecule has 1 aliphatic carbocycles. The van der Waals surface area contributed by atoms with Crippen LogP contribution in [0.15, 0.2) is 48.5 Å². The van der Waals surface area contributed by atoms with Crippen molar-refractivity contribution in [2.75, 3.05) is 31.5 Å². The molecule has 9 heteroatoms. The maximum atomic E-state index is 13.9. The average molecular weight is 501 g/mol. The molecule has 2 amide bonds. The Morgan fingerprint density at radius 1 is 1.17 bits per heavy atom. The van der Waals surface area contributed by atoms with E-state index in [9.17, 15) is 27.6 Å². The molecule has 2 aromatic carbocycles. The predicted octanol–water partition coefficient (Wildman–Crippen LogP) is 6.28. The molecule has 1 aliphatic heterocycles. The van der Waals surface area contributed by atoms with Gasteiger partial charge >= 0.3 is 12.2 Å². The molecule has 1 saturated heterocycles. The van der Waals surface area contributed by atoms with Crippen molar-refractivity contribution in [1.82, 2.24) is 9.80 Å². The molecule has 36 heavy (non-hydrogen) atoms. The number of urea groups is 1. The molecule has 5 nitrogen and oxygen atoms in total. The van der Waals surface area contributed by atoms with Crippen LogP contribution < -0.4 is 5.32 Å². The Hall–Kier alpha value is -3.38. The Kier molecular flexibility index (Phi) is 7.94. The van der Waals surface area contributed by atoms with E-state index in [4.69, 9.17) is 0 Å². The molecule has 190 valence electrons. The van der Waals surface area contributed by atoms with Crippen molar-refractivity contribution in [2.45, 2.75) is 44.3 Å². The van der Waals surface area contributed by atoms with Crippen molar-refractivity contribution in [3.05, 3.63) is 71.0 Å². The standard InChI is InChI=1S/C27H28F4N4O/c28-23-15-22(27(29,30)31)16-24(17-23)33-26(36)35(13-12-34-10-1-2-11-34)25-8-6-20(7-9-25)21-5-3-4-19(14-21)18-32/h3-6,14-17,25H,1-2,7-13H2,(H,33,36). The highest BCUT2D eigenvalue weighted by atomic mass is 19.4. The summed E-state index contributed by atoms with van der Waals surface area (Å²) >= 11 is 0. The number of carbonyl (C=O) groups is 1. The van der Waals surface area contributed by atoms with Crippen molar-refractivity contribution < 1.29 is 22.4 Å². The van der Waals surface area contributed by atoms with Crippen molar-refractivity contribution in [3.63, 3.8) is 0 Å². The maximum Gasteiger partial charge on any atom is 0.416 e. The molecule has 0 radical (unpaired) electrons. The molecule has 2 aliphatic rings. The molecule has 0 aromatic heterocycles. The average Bonchev–Trinajstić information content (AvgIpc) is 3.37. The SMILES string of the molecule is N#Cc1cccc(C2=CCC(N(CCN3CCCC3)C(=O)Nc3cc(F)cc(C(F)(F)F)c3)CC2)c1. The summed E-state index contributed by atoms with van der Waals surface area (Å²) in [5.41, 5.74) is 1.28. The molecular weight excluding hydrogens is 472 g/mol. The lowest BCUT2D eigenvalue weighted by molar-refractivity contribution is -0.137. The number of nitriles is 1. The Morgan fingerprint density at radius 3 is 2.61 bits per heavy atom. The number of anilines is 1. The summed E-state index contributed by atoms with van der Waals surface area (Å²) in [7, 11) is 0.